The van der Waals surface area contributed by atoms with E-state index >= 15 is 0 Å². The van der Waals surface area contributed by atoms with E-state index in [-0.39, 0.29) is 18.5 Å². The van der Waals surface area contributed by atoms with Crippen LogP contribution in [0.3, 0.4) is 0 Å². The monoisotopic (exact) mass is 1170 g/mol. The maximum absolute atomic E-state index is 12.5. The van der Waals surface area contributed by atoms with Gasteiger partial charge in [-0.3, -0.25) is 9.59 Å². The van der Waals surface area contributed by atoms with E-state index in [0.29, 0.717) is 19.4 Å². The predicted molar refractivity (Wildman–Crippen MR) is 366 cm³/mol. The Morgan fingerprint density at radius 2 is 0.602 bits per heavy atom. The Hall–Kier alpha value is -1.92. The summed E-state index contributed by atoms with van der Waals surface area (Å²) in [7, 11) is 0. The Kier molecular flexibility index (Phi) is 70.9. The van der Waals surface area contributed by atoms with Gasteiger partial charge < -0.3 is 20.3 Å². The van der Waals surface area contributed by atoms with E-state index in [2.05, 4.69) is 43.5 Å². The third-order valence-electron chi connectivity index (χ3n) is 17.7. The van der Waals surface area contributed by atoms with E-state index in [4.69, 9.17) is 4.74 Å². The molecular formula is C77H147NO5. The van der Waals surface area contributed by atoms with Crippen LogP contribution in [0.2, 0.25) is 0 Å². The maximum Gasteiger partial charge on any atom is 0.305 e. The fourth-order valence-electron chi connectivity index (χ4n) is 11.9. The molecule has 6 heteroatoms. The highest BCUT2D eigenvalue weighted by atomic mass is 16.5. The molecule has 0 radical (unpaired) electrons. The van der Waals surface area contributed by atoms with Gasteiger partial charge in [-0.2, -0.15) is 0 Å². The van der Waals surface area contributed by atoms with Gasteiger partial charge in [0.05, 0.1) is 25.4 Å². The highest BCUT2D eigenvalue weighted by Crippen LogP contribution is 2.19. The summed E-state index contributed by atoms with van der Waals surface area (Å²) in [5.41, 5.74) is 0. The van der Waals surface area contributed by atoms with Crippen LogP contribution in [0, 0.1) is 0 Å². The molecule has 1 amide bonds. The number of carbonyl (C=O) groups is 2. The lowest BCUT2D eigenvalue weighted by molar-refractivity contribution is -0.143. The van der Waals surface area contributed by atoms with Gasteiger partial charge >= 0.3 is 5.97 Å². The van der Waals surface area contributed by atoms with E-state index in [9.17, 15) is 19.8 Å². The van der Waals surface area contributed by atoms with Crippen molar-refractivity contribution in [1.82, 2.24) is 5.32 Å². The summed E-state index contributed by atoms with van der Waals surface area (Å²) in [6.07, 6.45) is 93.9. The summed E-state index contributed by atoms with van der Waals surface area (Å²) in [4.78, 5) is 24.6. The summed E-state index contributed by atoms with van der Waals surface area (Å²) in [5.74, 6) is -0.0541. The first-order valence-electron chi connectivity index (χ1n) is 37.8. The van der Waals surface area contributed by atoms with Crippen molar-refractivity contribution in [3.63, 3.8) is 0 Å². The van der Waals surface area contributed by atoms with Crippen molar-refractivity contribution < 1.29 is 24.5 Å². The topological polar surface area (TPSA) is 95.9 Å². The molecule has 0 spiro atoms. The lowest BCUT2D eigenvalue weighted by Crippen LogP contribution is -2.45. The lowest BCUT2D eigenvalue weighted by Gasteiger charge is -2.20. The van der Waals surface area contributed by atoms with Crippen molar-refractivity contribution in [2.24, 2.45) is 0 Å². The third-order valence-corrected chi connectivity index (χ3v) is 17.7. The number of ether oxygens (including phenoxy) is 1. The molecule has 0 saturated heterocycles. The molecule has 3 N–H and O–H groups in total. The molecule has 6 nitrogen and oxygen atoms in total. The van der Waals surface area contributed by atoms with Crippen LogP contribution in [0.4, 0.5) is 0 Å². The maximum atomic E-state index is 12.5. The third kappa shape index (κ3) is 69.1. The van der Waals surface area contributed by atoms with Crippen molar-refractivity contribution in [1.29, 1.82) is 0 Å². The molecule has 0 aromatic carbocycles. The summed E-state index contributed by atoms with van der Waals surface area (Å²) >= 11 is 0. The van der Waals surface area contributed by atoms with Crippen LogP contribution in [-0.4, -0.2) is 47.4 Å². The van der Waals surface area contributed by atoms with Gasteiger partial charge in [0.1, 0.15) is 0 Å². The Labute approximate surface area is 519 Å². The van der Waals surface area contributed by atoms with Crippen molar-refractivity contribution in [3.05, 3.63) is 36.5 Å². The van der Waals surface area contributed by atoms with Gasteiger partial charge in [0, 0.05) is 12.8 Å². The molecule has 0 fully saturated rings. The van der Waals surface area contributed by atoms with Gasteiger partial charge in [0.15, 0.2) is 0 Å². The number of aliphatic hydroxyl groups is 2. The van der Waals surface area contributed by atoms with Crippen LogP contribution in [-0.2, 0) is 14.3 Å². The van der Waals surface area contributed by atoms with E-state index < -0.39 is 12.1 Å². The Morgan fingerprint density at radius 1 is 0.337 bits per heavy atom. The smallest absolute Gasteiger partial charge is 0.305 e. The summed E-state index contributed by atoms with van der Waals surface area (Å²) in [6.45, 7) is 4.92. The molecule has 0 aromatic rings. The van der Waals surface area contributed by atoms with Crippen LogP contribution >= 0.6 is 0 Å². The minimum Gasteiger partial charge on any atom is -0.466 e. The van der Waals surface area contributed by atoms with Gasteiger partial charge in [-0.15, -0.1) is 0 Å². The number of carbonyl (C=O) groups excluding carboxylic acids is 2. The number of rotatable bonds is 71. The van der Waals surface area contributed by atoms with Gasteiger partial charge in [0.2, 0.25) is 5.91 Å². The second-order valence-electron chi connectivity index (χ2n) is 26.0. The predicted octanol–water partition coefficient (Wildman–Crippen LogP) is 24.7. The van der Waals surface area contributed by atoms with Crippen LogP contribution in [0.1, 0.15) is 418 Å². The largest absolute Gasteiger partial charge is 0.466 e. The first-order chi connectivity index (χ1) is 41.0. The molecular weight excluding hydrogens is 1020 g/mol. The highest BCUT2D eigenvalue weighted by Gasteiger charge is 2.18. The molecule has 0 aliphatic carbocycles. The number of allylic oxidation sites excluding steroid dienone is 5. The number of unbranched alkanes of at least 4 members (excludes halogenated alkanes) is 56. The summed E-state index contributed by atoms with van der Waals surface area (Å²) in [6, 6.07) is -0.626. The molecule has 0 aliphatic rings. The fourth-order valence-corrected chi connectivity index (χ4v) is 11.9. The first kappa shape index (κ1) is 81.1. The van der Waals surface area contributed by atoms with Crippen molar-refractivity contribution in [2.75, 3.05) is 13.2 Å². The summed E-state index contributed by atoms with van der Waals surface area (Å²) in [5, 5.41) is 23.3. The Bertz CT molecular complexity index is 1340. The lowest BCUT2D eigenvalue weighted by atomic mass is 10.0. The molecule has 83 heavy (non-hydrogen) atoms. The molecule has 0 rings (SSSR count). The Morgan fingerprint density at radius 3 is 0.928 bits per heavy atom. The highest BCUT2D eigenvalue weighted by molar-refractivity contribution is 5.76. The molecule has 0 saturated carbocycles. The number of nitrogens with one attached hydrogen (secondary N) is 1. The van der Waals surface area contributed by atoms with Gasteiger partial charge in [-0.25, -0.2) is 0 Å². The van der Waals surface area contributed by atoms with Crippen LogP contribution in [0.15, 0.2) is 36.5 Å². The van der Waals surface area contributed by atoms with E-state index in [1.807, 2.05) is 6.08 Å². The number of aliphatic hydroxyl groups excluding tert-OH is 2. The van der Waals surface area contributed by atoms with Crippen LogP contribution < -0.4 is 5.32 Å². The average molecular weight is 1170 g/mol. The molecule has 2 unspecified atom stereocenters. The number of hydrogen-bond acceptors (Lipinski definition) is 5. The van der Waals surface area contributed by atoms with Gasteiger partial charge in [0.25, 0.3) is 0 Å². The minimum atomic E-state index is -0.843. The quantitative estimate of drug-likeness (QED) is 0.0320. The number of amides is 1. The first-order valence-corrected chi connectivity index (χ1v) is 37.8. The van der Waals surface area contributed by atoms with E-state index in [1.54, 1.807) is 6.08 Å². The SMILES string of the molecule is CCCCCC/C=C\C/C=C\CCCCCCCC(=O)OCCCCCCCCCCCCCCCCCCCCCCCCCCCCCCCC(=O)NC(CO)C(O)/C=C/CCCCCCCCCCCCCCCCCCCCC. The zero-order chi connectivity index (χ0) is 59.9. The Balaban J connectivity index is 3.37. The zero-order valence-corrected chi connectivity index (χ0v) is 56.2. The fraction of sp³-hybridized carbons (Fsp3) is 0.896. The normalized spacial score (nSPS) is 12.7. The molecule has 0 aromatic heterocycles. The average Bonchev–Trinajstić information content (AvgIpc) is 3.48. The molecule has 2 atom stereocenters. The van der Waals surface area contributed by atoms with Crippen molar-refractivity contribution in [2.45, 2.75) is 431 Å². The number of hydrogen-bond donors (Lipinski definition) is 3. The number of esters is 1. The van der Waals surface area contributed by atoms with E-state index in [0.717, 1.165) is 51.4 Å². The second-order valence-corrected chi connectivity index (χ2v) is 26.0. The summed E-state index contributed by atoms with van der Waals surface area (Å²) < 4.78 is 5.50. The molecule has 490 valence electrons. The van der Waals surface area contributed by atoms with Crippen LogP contribution in [0.25, 0.3) is 0 Å². The molecule has 0 heterocycles. The van der Waals surface area contributed by atoms with Gasteiger partial charge in [-0.05, 0) is 64.2 Å². The molecule has 0 aliphatic heterocycles. The van der Waals surface area contributed by atoms with Gasteiger partial charge in [-0.1, -0.05) is 378 Å². The molecule has 0 bridgehead atoms. The van der Waals surface area contributed by atoms with E-state index in [1.165, 1.54) is 340 Å². The minimum absolute atomic E-state index is 0.00626. The van der Waals surface area contributed by atoms with Crippen molar-refractivity contribution in [3.8, 4) is 0 Å². The zero-order valence-electron chi connectivity index (χ0n) is 56.2. The standard InChI is InChI=1S/C77H147NO5/c1-3-5-7-9-11-13-15-17-19-21-22-32-35-38-41-45-49-53-57-61-65-69-75(80)74(73-79)78-76(81)70-66-62-58-54-50-46-42-39-36-33-30-28-26-24-23-25-27-29-31-34-37-40-44-48-52-56-60-64-68-72-83-77(82)71-67-63-59-55-51-47-43-20-18-16-14-12-10-8-6-4-2/h14,16,20,43,65,69,74-75,79-80H,3-13,15,17-19,21-42,44-64,66-68,70-73H2,1-2H3,(H,78,81)/b16-14-,43-20-,69-65+. The van der Waals surface area contributed by atoms with Crippen molar-refractivity contribution >= 4 is 11.9 Å². The second kappa shape index (κ2) is 72.6. The van der Waals surface area contributed by atoms with Crippen LogP contribution in [0.5, 0.6) is 0 Å².